The van der Waals surface area contributed by atoms with E-state index in [4.69, 9.17) is 4.74 Å². The third-order valence-corrected chi connectivity index (χ3v) is 4.20. The molecule has 0 spiro atoms. The van der Waals surface area contributed by atoms with E-state index < -0.39 is 0 Å². The van der Waals surface area contributed by atoms with Crippen molar-refractivity contribution < 1.29 is 14.3 Å². The van der Waals surface area contributed by atoms with Gasteiger partial charge in [-0.1, -0.05) is 6.92 Å². The van der Waals surface area contributed by atoms with Gasteiger partial charge in [-0.3, -0.25) is 14.5 Å². The summed E-state index contributed by atoms with van der Waals surface area (Å²) in [4.78, 5) is 28.0. The van der Waals surface area contributed by atoms with Crippen LogP contribution in [0.25, 0.3) is 0 Å². The van der Waals surface area contributed by atoms with Crippen molar-refractivity contribution in [3.8, 4) is 5.75 Å². The van der Waals surface area contributed by atoms with Crippen LogP contribution in [0.4, 0.5) is 5.69 Å². The minimum atomic E-state index is -0.137. The number of likely N-dealkylation sites (tertiary alicyclic amines) is 1. The maximum absolute atomic E-state index is 12.3. The maximum atomic E-state index is 12.3. The van der Waals surface area contributed by atoms with E-state index in [9.17, 15) is 9.59 Å². The van der Waals surface area contributed by atoms with Gasteiger partial charge in [-0.2, -0.15) is 0 Å². The highest BCUT2D eigenvalue weighted by Gasteiger charge is 2.22. The number of likely N-dealkylation sites (N-methyl/N-ethyl adjacent to an activating group) is 1. The summed E-state index contributed by atoms with van der Waals surface area (Å²) in [5.74, 6) is 1.27. The first-order chi connectivity index (χ1) is 11.5. The number of carbonyl (C=O) groups is 2. The van der Waals surface area contributed by atoms with Crippen molar-refractivity contribution in [2.45, 2.75) is 19.8 Å². The van der Waals surface area contributed by atoms with Gasteiger partial charge in [-0.05, 0) is 50.1 Å². The van der Waals surface area contributed by atoms with Crippen molar-refractivity contribution in [1.29, 1.82) is 0 Å². The second kappa shape index (κ2) is 8.68. The summed E-state index contributed by atoms with van der Waals surface area (Å²) in [5.41, 5.74) is 0.713. The van der Waals surface area contributed by atoms with E-state index in [1.165, 1.54) is 6.42 Å². The number of rotatable bonds is 6. The first-order valence-electron chi connectivity index (χ1n) is 8.38. The zero-order chi connectivity index (χ0) is 17.5. The summed E-state index contributed by atoms with van der Waals surface area (Å²) < 4.78 is 5.08. The molecule has 0 aromatic heterocycles. The topological polar surface area (TPSA) is 61.9 Å². The minimum absolute atomic E-state index is 0.0984. The van der Waals surface area contributed by atoms with Crippen molar-refractivity contribution >= 4 is 17.5 Å². The van der Waals surface area contributed by atoms with Crippen molar-refractivity contribution in [3.05, 3.63) is 24.3 Å². The number of amides is 2. The number of nitrogens with one attached hydrogen (secondary N) is 1. The fourth-order valence-corrected chi connectivity index (χ4v) is 2.92. The lowest BCUT2D eigenvalue weighted by atomic mass is 10.0. The number of hydrogen-bond donors (Lipinski definition) is 1. The van der Waals surface area contributed by atoms with Crippen LogP contribution in [0.15, 0.2) is 24.3 Å². The number of anilines is 1. The molecule has 0 unspecified atom stereocenters. The second-order valence-corrected chi connectivity index (χ2v) is 6.54. The number of piperidine rings is 1. The highest BCUT2D eigenvalue weighted by atomic mass is 16.5. The summed E-state index contributed by atoms with van der Waals surface area (Å²) in [6, 6.07) is 7.16. The van der Waals surface area contributed by atoms with Gasteiger partial charge in [-0.15, -0.1) is 0 Å². The zero-order valence-electron chi connectivity index (χ0n) is 14.7. The van der Waals surface area contributed by atoms with Gasteiger partial charge in [0.05, 0.1) is 20.2 Å². The minimum Gasteiger partial charge on any atom is -0.497 e. The van der Waals surface area contributed by atoms with Crippen LogP contribution in [0.5, 0.6) is 5.75 Å². The molecule has 1 aromatic rings. The Labute approximate surface area is 143 Å². The summed E-state index contributed by atoms with van der Waals surface area (Å²) in [6.45, 7) is 4.27. The number of nitrogens with zero attached hydrogens (tertiary/aromatic N) is 2. The molecule has 132 valence electrons. The van der Waals surface area contributed by atoms with E-state index >= 15 is 0 Å². The van der Waals surface area contributed by atoms with Crippen LogP contribution < -0.4 is 10.1 Å². The predicted molar refractivity (Wildman–Crippen MR) is 94.1 cm³/mol. The Hall–Kier alpha value is -2.08. The molecule has 2 amide bonds. The SMILES string of the molecule is COc1ccc(NC(=O)CN(C)CC(=O)N2CCC[C@H](C)C2)cc1. The third-order valence-electron chi connectivity index (χ3n) is 4.20. The molecule has 1 aliphatic rings. The lowest BCUT2D eigenvalue weighted by Gasteiger charge is -2.32. The Balaban J connectivity index is 1.77. The molecular weight excluding hydrogens is 306 g/mol. The smallest absolute Gasteiger partial charge is 0.238 e. The molecule has 6 heteroatoms. The van der Waals surface area contributed by atoms with Crippen molar-refractivity contribution in [2.75, 3.05) is 45.7 Å². The van der Waals surface area contributed by atoms with Gasteiger partial charge in [-0.25, -0.2) is 0 Å². The Morgan fingerprint density at radius 2 is 2.00 bits per heavy atom. The van der Waals surface area contributed by atoms with Crippen LogP contribution in [0.3, 0.4) is 0 Å². The van der Waals surface area contributed by atoms with E-state index in [1.807, 2.05) is 4.90 Å². The number of benzene rings is 1. The molecule has 6 nitrogen and oxygen atoms in total. The Bertz CT molecular complexity index is 559. The van der Waals surface area contributed by atoms with Crippen LogP contribution in [0, 0.1) is 5.92 Å². The standard InChI is InChI=1S/C18H27N3O3/c1-14-5-4-10-21(11-14)18(23)13-20(2)12-17(22)19-15-6-8-16(24-3)9-7-15/h6-9,14H,4-5,10-13H2,1-3H3,(H,19,22)/t14-/m0/s1. The monoisotopic (exact) mass is 333 g/mol. The van der Waals surface area contributed by atoms with E-state index in [-0.39, 0.29) is 24.9 Å². The number of ether oxygens (including phenoxy) is 1. The van der Waals surface area contributed by atoms with Gasteiger partial charge in [0, 0.05) is 18.8 Å². The molecule has 1 heterocycles. The summed E-state index contributed by atoms with van der Waals surface area (Å²) in [6.07, 6.45) is 2.25. The highest BCUT2D eigenvalue weighted by Crippen LogP contribution is 2.16. The van der Waals surface area contributed by atoms with Gasteiger partial charge in [0.1, 0.15) is 5.75 Å². The van der Waals surface area contributed by atoms with Gasteiger partial charge < -0.3 is 15.0 Å². The molecule has 2 rings (SSSR count). The fourth-order valence-electron chi connectivity index (χ4n) is 2.92. The van der Waals surface area contributed by atoms with Gasteiger partial charge in [0.25, 0.3) is 0 Å². The molecule has 0 bridgehead atoms. The number of hydrogen-bond acceptors (Lipinski definition) is 4. The fraction of sp³-hybridized carbons (Fsp3) is 0.556. The van der Waals surface area contributed by atoms with Gasteiger partial charge >= 0.3 is 0 Å². The highest BCUT2D eigenvalue weighted by molar-refractivity contribution is 5.92. The third kappa shape index (κ3) is 5.53. The number of methoxy groups -OCH3 is 1. The normalized spacial score (nSPS) is 17.7. The average molecular weight is 333 g/mol. The van der Waals surface area contributed by atoms with Crippen LogP contribution >= 0.6 is 0 Å². The Morgan fingerprint density at radius 1 is 1.29 bits per heavy atom. The second-order valence-electron chi connectivity index (χ2n) is 6.54. The number of carbonyl (C=O) groups excluding carboxylic acids is 2. The molecule has 24 heavy (non-hydrogen) atoms. The van der Waals surface area contributed by atoms with Crippen molar-refractivity contribution in [3.63, 3.8) is 0 Å². The van der Waals surface area contributed by atoms with E-state index in [0.29, 0.717) is 11.6 Å². The van der Waals surface area contributed by atoms with Gasteiger partial charge in [0.2, 0.25) is 11.8 Å². The average Bonchev–Trinajstić information content (AvgIpc) is 2.55. The molecule has 1 aromatic carbocycles. The van der Waals surface area contributed by atoms with E-state index in [2.05, 4.69) is 12.2 Å². The van der Waals surface area contributed by atoms with Crippen LogP contribution in [0.2, 0.25) is 0 Å². The van der Waals surface area contributed by atoms with Gasteiger partial charge in [0.15, 0.2) is 0 Å². The molecule has 1 atom stereocenters. The Morgan fingerprint density at radius 3 is 2.62 bits per heavy atom. The zero-order valence-corrected chi connectivity index (χ0v) is 14.7. The molecular formula is C18H27N3O3. The van der Waals surface area contributed by atoms with Crippen LogP contribution in [-0.4, -0.2) is 62.0 Å². The maximum Gasteiger partial charge on any atom is 0.238 e. The first kappa shape index (κ1) is 18.3. The summed E-state index contributed by atoms with van der Waals surface area (Å²) >= 11 is 0. The van der Waals surface area contributed by atoms with E-state index in [0.717, 1.165) is 25.3 Å². The molecule has 1 saturated heterocycles. The van der Waals surface area contributed by atoms with Crippen LogP contribution in [0.1, 0.15) is 19.8 Å². The first-order valence-corrected chi connectivity index (χ1v) is 8.38. The quantitative estimate of drug-likeness (QED) is 0.863. The van der Waals surface area contributed by atoms with E-state index in [1.54, 1.807) is 43.3 Å². The van der Waals surface area contributed by atoms with Crippen molar-refractivity contribution in [2.24, 2.45) is 5.92 Å². The lowest BCUT2D eigenvalue weighted by Crippen LogP contribution is -2.45. The summed E-state index contributed by atoms with van der Waals surface area (Å²) in [5, 5.41) is 2.82. The van der Waals surface area contributed by atoms with Crippen LogP contribution in [-0.2, 0) is 9.59 Å². The predicted octanol–water partition coefficient (Wildman–Crippen LogP) is 1.82. The summed E-state index contributed by atoms with van der Waals surface area (Å²) in [7, 11) is 3.39. The molecule has 0 aliphatic carbocycles. The molecule has 0 saturated carbocycles. The molecule has 1 aliphatic heterocycles. The molecule has 1 N–H and O–H groups in total. The largest absolute Gasteiger partial charge is 0.497 e. The molecule has 0 radical (unpaired) electrons. The lowest BCUT2D eigenvalue weighted by molar-refractivity contribution is -0.134. The molecule has 1 fully saturated rings. The Kier molecular flexibility index (Phi) is 6.61. The van der Waals surface area contributed by atoms with Crippen molar-refractivity contribution in [1.82, 2.24) is 9.80 Å².